The van der Waals surface area contributed by atoms with Gasteiger partial charge in [0.25, 0.3) is 0 Å². The van der Waals surface area contributed by atoms with Crippen molar-refractivity contribution in [2.75, 3.05) is 31.1 Å². The molecule has 4 rings (SSSR count). The van der Waals surface area contributed by atoms with Crippen molar-refractivity contribution in [2.45, 2.75) is 12.7 Å². The quantitative estimate of drug-likeness (QED) is 0.663. The number of alkyl halides is 3. The maximum Gasteiger partial charge on any atom is 0.433 e. The predicted octanol–water partition coefficient (Wildman–Crippen LogP) is 4.64. The lowest BCUT2D eigenvalue weighted by molar-refractivity contribution is -0.140. The van der Waals surface area contributed by atoms with Crippen LogP contribution in [0.4, 0.5) is 18.9 Å². The molecule has 2 aromatic heterocycles. The van der Waals surface area contributed by atoms with Crippen LogP contribution in [-0.2, 0) is 12.7 Å². The van der Waals surface area contributed by atoms with Gasteiger partial charge in [0.05, 0.1) is 5.52 Å². The van der Waals surface area contributed by atoms with Crippen LogP contribution < -0.4 is 4.90 Å². The highest BCUT2D eigenvalue weighted by atomic mass is 32.1. The average Bonchev–Trinajstić information content (AvgIpc) is 3.14. The first-order chi connectivity index (χ1) is 12.5. The zero-order valence-electron chi connectivity index (χ0n) is 14.0. The Balaban J connectivity index is 1.58. The number of thiophene rings is 1. The second-order valence-corrected chi connectivity index (χ2v) is 7.42. The Morgan fingerprint density at radius 3 is 2.46 bits per heavy atom. The number of piperazine rings is 1. The van der Waals surface area contributed by atoms with Gasteiger partial charge in [-0.15, -0.1) is 11.3 Å². The van der Waals surface area contributed by atoms with Gasteiger partial charge >= 0.3 is 6.18 Å². The van der Waals surface area contributed by atoms with E-state index in [-0.39, 0.29) is 0 Å². The molecule has 0 spiro atoms. The van der Waals surface area contributed by atoms with Crippen LogP contribution in [-0.4, -0.2) is 36.1 Å². The molecule has 1 aliphatic heterocycles. The summed E-state index contributed by atoms with van der Waals surface area (Å²) in [6, 6.07) is 12.4. The van der Waals surface area contributed by atoms with Crippen molar-refractivity contribution in [2.24, 2.45) is 0 Å². The van der Waals surface area contributed by atoms with Crippen molar-refractivity contribution in [1.82, 2.24) is 9.88 Å². The second kappa shape index (κ2) is 6.89. The Hall–Kier alpha value is -2.12. The molecule has 3 heterocycles. The zero-order valence-corrected chi connectivity index (χ0v) is 14.9. The zero-order chi connectivity index (χ0) is 18.1. The van der Waals surface area contributed by atoms with E-state index in [0.717, 1.165) is 25.0 Å². The van der Waals surface area contributed by atoms with E-state index >= 15 is 0 Å². The van der Waals surface area contributed by atoms with Crippen molar-refractivity contribution in [3.05, 3.63) is 58.4 Å². The van der Waals surface area contributed by atoms with Gasteiger partial charge in [0.15, 0.2) is 0 Å². The Kier molecular flexibility index (Phi) is 4.58. The van der Waals surface area contributed by atoms with Crippen molar-refractivity contribution in [3.8, 4) is 0 Å². The number of anilines is 1. The molecule has 0 saturated carbocycles. The number of hydrogen-bond acceptors (Lipinski definition) is 4. The van der Waals surface area contributed by atoms with Crippen molar-refractivity contribution in [3.63, 3.8) is 0 Å². The van der Waals surface area contributed by atoms with Crippen LogP contribution in [0.5, 0.6) is 0 Å². The van der Waals surface area contributed by atoms with Gasteiger partial charge in [-0.25, -0.2) is 4.98 Å². The monoisotopic (exact) mass is 377 g/mol. The molecule has 3 aromatic rings. The van der Waals surface area contributed by atoms with Gasteiger partial charge in [0, 0.05) is 48.7 Å². The minimum Gasteiger partial charge on any atom is -0.368 e. The number of halogens is 3. The fourth-order valence-corrected chi connectivity index (χ4v) is 4.08. The third-order valence-electron chi connectivity index (χ3n) is 4.66. The molecule has 0 amide bonds. The van der Waals surface area contributed by atoms with Crippen LogP contribution in [0.25, 0.3) is 10.9 Å². The smallest absolute Gasteiger partial charge is 0.368 e. The van der Waals surface area contributed by atoms with E-state index in [4.69, 9.17) is 0 Å². The Labute approximate surface area is 153 Å². The molecule has 0 unspecified atom stereocenters. The number of hydrogen-bond donors (Lipinski definition) is 0. The van der Waals surface area contributed by atoms with E-state index in [1.807, 2.05) is 23.1 Å². The Morgan fingerprint density at radius 1 is 1.00 bits per heavy atom. The van der Waals surface area contributed by atoms with Crippen LogP contribution in [0.15, 0.2) is 47.8 Å². The largest absolute Gasteiger partial charge is 0.433 e. The number of nitrogens with zero attached hydrogens (tertiary/aromatic N) is 3. The normalized spacial score (nSPS) is 16.3. The van der Waals surface area contributed by atoms with Gasteiger partial charge in [-0.2, -0.15) is 13.2 Å². The van der Waals surface area contributed by atoms with Crippen molar-refractivity contribution in [1.29, 1.82) is 0 Å². The Bertz CT molecular complexity index is 885. The van der Waals surface area contributed by atoms with Crippen LogP contribution in [0.1, 0.15) is 10.6 Å². The number of para-hydroxylation sites is 1. The minimum absolute atomic E-state index is 0.387. The molecule has 0 bridgehead atoms. The van der Waals surface area contributed by atoms with Crippen LogP contribution in [0, 0.1) is 0 Å². The van der Waals surface area contributed by atoms with E-state index in [2.05, 4.69) is 21.3 Å². The van der Waals surface area contributed by atoms with Crippen LogP contribution in [0.3, 0.4) is 0 Å². The summed E-state index contributed by atoms with van der Waals surface area (Å²) < 4.78 is 39.7. The fourth-order valence-electron chi connectivity index (χ4n) is 3.33. The molecule has 0 atom stereocenters. The molecule has 7 heteroatoms. The van der Waals surface area contributed by atoms with Gasteiger partial charge in [0.2, 0.25) is 0 Å². The molecular formula is C19H18F3N3S. The summed E-state index contributed by atoms with van der Waals surface area (Å²) >= 11 is 1.73. The summed E-state index contributed by atoms with van der Waals surface area (Å²) in [5.41, 5.74) is 0.184. The van der Waals surface area contributed by atoms with E-state index in [0.29, 0.717) is 24.3 Å². The molecule has 0 N–H and O–H groups in total. The standard InChI is InChI=1S/C19H18F3N3S/c20-19(21,22)18-12-17(15-5-1-2-6-16(15)23-18)25-9-7-24(8-10-25)13-14-4-3-11-26-14/h1-6,11-12H,7-10,13H2. The summed E-state index contributed by atoms with van der Waals surface area (Å²) in [5, 5.41) is 2.83. The first kappa shape index (κ1) is 17.3. The van der Waals surface area contributed by atoms with Gasteiger partial charge in [-0.1, -0.05) is 24.3 Å². The van der Waals surface area contributed by atoms with E-state index in [9.17, 15) is 13.2 Å². The average molecular weight is 377 g/mol. The molecule has 1 aliphatic rings. The predicted molar refractivity (Wildman–Crippen MR) is 98.6 cm³/mol. The lowest BCUT2D eigenvalue weighted by atomic mass is 10.1. The van der Waals surface area contributed by atoms with E-state index < -0.39 is 11.9 Å². The molecule has 1 aromatic carbocycles. The van der Waals surface area contributed by atoms with Gasteiger partial charge in [-0.05, 0) is 23.6 Å². The van der Waals surface area contributed by atoms with Crippen LogP contribution >= 0.6 is 11.3 Å². The summed E-state index contributed by atoms with van der Waals surface area (Å²) in [5.74, 6) is 0. The number of fused-ring (bicyclic) bond motifs is 1. The molecule has 1 fully saturated rings. The molecular weight excluding hydrogens is 359 g/mol. The molecule has 136 valence electrons. The number of benzene rings is 1. The summed E-state index contributed by atoms with van der Waals surface area (Å²) in [6.45, 7) is 3.97. The maximum absolute atomic E-state index is 13.2. The van der Waals surface area contributed by atoms with Gasteiger partial charge in [-0.3, -0.25) is 4.90 Å². The van der Waals surface area contributed by atoms with Gasteiger partial charge in [0.1, 0.15) is 5.69 Å². The first-order valence-electron chi connectivity index (χ1n) is 8.47. The molecule has 0 aliphatic carbocycles. The highest BCUT2D eigenvalue weighted by molar-refractivity contribution is 7.09. The fraction of sp³-hybridized carbons (Fsp3) is 0.316. The molecule has 0 radical (unpaired) electrons. The molecule has 26 heavy (non-hydrogen) atoms. The summed E-state index contributed by atoms with van der Waals surface area (Å²) in [6.07, 6.45) is -4.44. The number of aromatic nitrogens is 1. The summed E-state index contributed by atoms with van der Waals surface area (Å²) in [4.78, 5) is 9.51. The molecule has 1 saturated heterocycles. The molecule has 3 nitrogen and oxygen atoms in total. The maximum atomic E-state index is 13.2. The lowest BCUT2D eigenvalue weighted by Gasteiger charge is -2.36. The third kappa shape index (κ3) is 3.54. The summed E-state index contributed by atoms with van der Waals surface area (Å²) in [7, 11) is 0. The second-order valence-electron chi connectivity index (χ2n) is 6.38. The van der Waals surface area contributed by atoms with Crippen LogP contribution in [0.2, 0.25) is 0 Å². The van der Waals surface area contributed by atoms with Crippen molar-refractivity contribution >= 4 is 27.9 Å². The van der Waals surface area contributed by atoms with Gasteiger partial charge < -0.3 is 4.90 Å². The van der Waals surface area contributed by atoms with E-state index in [1.165, 1.54) is 10.9 Å². The van der Waals surface area contributed by atoms with Crippen molar-refractivity contribution < 1.29 is 13.2 Å². The number of rotatable bonds is 3. The SMILES string of the molecule is FC(F)(F)c1cc(N2CCN(Cc3cccs3)CC2)c2ccccc2n1. The highest BCUT2D eigenvalue weighted by Gasteiger charge is 2.34. The van der Waals surface area contributed by atoms with E-state index in [1.54, 1.807) is 23.5 Å². The topological polar surface area (TPSA) is 19.4 Å². The number of pyridine rings is 1. The third-order valence-corrected chi connectivity index (χ3v) is 5.52. The first-order valence-corrected chi connectivity index (χ1v) is 9.35. The Morgan fingerprint density at radius 2 is 1.77 bits per heavy atom. The highest BCUT2D eigenvalue weighted by Crippen LogP contribution is 2.35. The minimum atomic E-state index is -4.44. The lowest BCUT2D eigenvalue weighted by Crippen LogP contribution is -2.46.